The highest BCUT2D eigenvalue weighted by atomic mass is 19.4. The van der Waals surface area contributed by atoms with Crippen LogP contribution in [0.4, 0.5) is 13.2 Å². The highest BCUT2D eigenvalue weighted by Gasteiger charge is 2.35. The van der Waals surface area contributed by atoms with Crippen LogP contribution in [0.25, 0.3) is 0 Å². The molecule has 0 aromatic heterocycles. The third-order valence-corrected chi connectivity index (χ3v) is 2.46. The first-order valence-electron chi connectivity index (χ1n) is 4.97. The van der Waals surface area contributed by atoms with Gasteiger partial charge in [-0.2, -0.15) is 13.2 Å². The first-order chi connectivity index (χ1) is 7.30. The molecule has 0 bridgehead atoms. The van der Waals surface area contributed by atoms with E-state index in [4.69, 9.17) is 0 Å². The molecule has 0 aliphatic heterocycles. The molecule has 0 heterocycles. The SMILES string of the molecule is CC(=O)c1ccc(CC(C)C(F)(F)F)cc1. The molecular weight excluding hydrogens is 217 g/mol. The molecule has 0 aliphatic carbocycles. The van der Waals surface area contributed by atoms with E-state index < -0.39 is 12.1 Å². The van der Waals surface area contributed by atoms with E-state index >= 15 is 0 Å². The van der Waals surface area contributed by atoms with Crippen LogP contribution in [0.3, 0.4) is 0 Å². The molecule has 1 unspecified atom stereocenters. The van der Waals surface area contributed by atoms with Crippen molar-refractivity contribution in [2.24, 2.45) is 5.92 Å². The molecule has 0 amide bonds. The maximum atomic E-state index is 12.3. The Kier molecular flexibility index (Phi) is 3.73. The van der Waals surface area contributed by atoms with E-state index in [0.717, 1.165) is 6.92 Å². The Morgan fingerprint density at radius 3 is 2.12 bits per heavy atom. The van der Waals surface area contributed by atoms with E-state index in [9.17, 15) is 18.0 Å². The number of ketones is 1. The van der Waals surface area contributed by atoms with Crippen LogP contribution in [0.1, 0.15) is 29.8 Å². The minimum absolute atomic E-state index is 0.0539. The summed E-state index contributed by atoms with van der Waals surface area (Å²) in [7, 11) is 0. The van der Waals surface area contributed by atoms with Gasteiger partial charge in [0.15, 0.2) is 5.78 Å². The molecule has 16 heavy (non-hydrogen) atoms. The smallest absolute Gasteiger partial charge is 0.295 e. The number of Topliss-reactive ketones (excluding diaryl/α,β-unsaturated/α-hetero) is 1. The van der Waals surface area contributed by atoms with Crippen LogP contribution in [-0.2, 0) is 6.42 Å². The molecule has 0 saturated carbocycles. The Hall–Kier alpha value is -1.32. The topological polar surface area (TPSA) is 17.1 Å². The number of hydrogen-bond donors (Lipinski definition) is 0. The van der Waals surface area contributed by atoms with E-state index in [2.05, 4.69) is 0 Å². The number of carbonyl (C=O) groups excluding carboxylic acids is 1. The van der Waals surface area contributed by atoms with Crippen molar-refractivity contribution in [3.05, 3.63) is 35.4 Å². The van der Waals surface area contributed by atoms with Crippen LogP contribution >= 0.6 is 0 Å². The molecule has 0 spiro atoms. The number of halogens is 3. The number of carbonyl (C=O) groups is 1. The minimum atomic E-state index is -4.17. The number of benzene rings is 1. The lowest BCUT2D eigenvalue weighted by Gasteiger charge is -2.15. The Morgan fingerprint density at radius 1 is 1.25 bits per heavy atom. The van der Waals surface area contributed by atoms with Gasteiger partial charge in [-0.25, -0.2) is 0 Å². The second-order valence-corrected chi connectivity index (χ2v) is 3.90. The predicted octanol–water partition coefficient (Wildman–Crippen LogP) is 3.63. The fourth-order valence-electron chi connectivity index (χ4n) is 1.34. The zero-order chi connectivity index (χ0) is 12.3. The van der Waals surface area contributed by atoms with Crippen molar-refractivity contribution in [3.8, 4) is 0 Å². The molecule has 0 N–H and O–H groups in total. The summed E-state index contributed by atoms with van der Waals surface area (Å²) in [5, 5.41) is 0. The summed E-state index contributed by atoms with van der Waals surface area (Å²) in [6.45, 7) is 2.58. The molecule has 1 rings (SSSR count). The van der Waals surface area contributed by atoms with Crippen molar-refractivity contribution in [3.63, 3.8) is 0 Å². The summed E-state index contributed by atoms with van der Waals surface area (Å²) in [6.07, 6.45) is -4.22. The van der Waals surface area contributed by atoms with Crippen LogP contribution in [0.2, 0.25) is 0 Å². The summed E-state index contributed by atoms with van der Waals surface area (Å²) in [5.41, 5.74) is 1.11. The molecule has 0 aliphatic rings. The van der Waals surface area contributed by atoms with Crippen LogP contribution in [-0.4, -0.2) is 12.0 Å². The van der Waals surface area contributed by atoms with Gasteiger partial charge in [-0.05, 0) is 18.9 Å². The molecule has 0 saturated heterocycles. The standard InChI is InChI=1S/C12H13F3O/c1-8(12(13,14)15)7-10-3-5-11(6-4-10)9(2)16/h3-6,8H,7H2,1-2H3. The summed E-state index contributed by atoms with van der Waals surface area (Å²) < 4.78 is 36.9. The summed E-state index contributed by atoms with van der Waals surface area (Å²) in [4.78, 5) is 11.0. The summed E-state index contributed by atoms with van der Waals surface area (Å²) in [6, 6.07) is 6.25. The summed E-state index contributed by atoms with van der Waals surface area (Å²) >= 11 is 0. The van der Waals surface area contributed by atoms with Crippen LogP contribution in [0.15, 0.2) is 24.3 Å². The van der Waals surface area contributed by atoms with Crippen LogP contribution in [0, 0.1) is 5.92 Å². The molecule has 88 valence electrons. The van der Waals surface area contributed by atoms with Gasteiger partial charge in [-0.3, -0.25) is 4.79 Å². The first kappa shape index (κ1) is 12.7. The van der Waals surface area contributed by atoms with Gasteiger partial charge in [0.25, 0.3) is 0 Å². The van der Waals surface area contributed by atoms with Gasteiger partial charge in [0, 0.05) is 5.56 Å². The lowest BCUT2D eigenvalue weighted by Crippen LogP contribution is -2.21. The van der Waals surface area contributed by atoms with E-state index in [1.54, 1.807) is 24.3 Å². The predicted molar refractivity (Wildman–Crippen MR) is 55.4 cm³/mol. The highest BCUT2D eigenvalue weighted by Crippen LogP contribution is 2.28. The number of hydrogen-bond acceptors (Lipinski definition) is 1. The maximum Gasteiger partial charge on any atom is 0.391 e. The number of alkyl halides is 3. The normalized spacial score (nSPS) is 13.6. The lowest BCUT2D eigenvalue weighted by molar-refractivity contribution is -0.169. The van der Waals surface area contributed by atoms with Gasteiger partial charge in [0.2, 0.25) is 0 Å². The molecule has 1 atom stereocenters. The van der Waals surface area contributed by atoms with Crippen molar-refractivity contribution < 1.29 is 18.0 Å². The van der Waals surface area contributed by atoms with E-state index in [1.165, 1.54) is 6.92 Å². The van der Waals surface area contributed by atoms with E-state index in [1.807, 2.05) is 0 Å². The van der Waals surface area contributed by atoms with Crippen molar-refractivity contribution in [1.29, 1.82) is 0 Å². The second kappa shape index (κ2) is 4.68. The van der Waals surface area contributed by atoms with Gasteiger partial charge < -0.3 is 0 Å². The third kappa shape index (κ3) is 3.36. The molecule has 1 aromatic carbocycles. The van der Waals surface area contributed by atoms with Crippen molar-refractivity contribution >= 4 is 5.78 Å². The first-order valence-corrected chi connectivity index (χ1v) is 4.97. The van der Waals surface area contributed by atoms with Crippen LogP contribution in [0.5, 0.6) is 0 Å². The summed E-state index contributed by atoms with van der Waals surface area (Å²) in [5.74, 6) is -1.45. The molecule has 4 heteroatoms. The van der Waals surface area contributed by atoms with Gasteiger partial charge in [-0.1, -0.05) is 31.2 Å². The largest absolute Gasteiger partial charge is 0.391 e. The minimum Gasteiger partial charge on any atom is -0.295 e. The Labute approximate surface area is 92.3 Å². The lowest BCUT2D eigenvalue weighted by atomic mass is 9.99. The second-order valence-electron chi connectivity index (χ2n) is 3.90. The molecule has 0 fully saturated rings. The van der Waals surface area contributed by atoms with Crippen molar-refractivity contribution in [1.82, 2.24) is 0 Å². The molecule has 1 nitrogen and oxygen atoms in total. The Bertz CT molecular complexity index is 365. The van der Waals surface area contributed by atoms with E-state index in [-0.39, 0.29) is 12.2 Å². The quantitative estimate of drug-likeness (QED) is 0.724. The Balaban J connectivity index is 2.73. The Morgan fingerprint density at radius 2 is 1.75 bits per heavy atom. The zero-order valence-electron chi connectivity index (χ0n) is 9.14. The fourth-order valence-corrected chi connectivity index (χ4v) is 1.34. The highest BCUT2D eigenvalue weighted by molar-refractivity contribution is 5.93. The average molecular weight is 230 g/mol. The number of rotatable bonds is 3. The monoisotopic (exact) mass is 230 g/mol. The average Bonchev–Trinajstić information content (AvgIpc) is 2.17. The third-order valence-electron chi connectivity index (χ3n) is 2.46. The van der Waals surface area contributed by atoms with Gasteiger partial charge in [0.05, 0.1) is 5.92 Å². The fraction of sp³-hybridized carbons (Fsp3) is 0.417. The van der Waals surface area contributed by atoms with Crippen LogP contribution < -0.4 is 0 Å². The molecule has 1 aromatic rings. The molecule has 0 radical (unpaired) electrons. The van der Waals surface area contributed by atoms with Crippen molar-refractivity contribution in [2.45, 2.75) is 26.4 Å². The zero-order valence-corrected chi connectivity index (χ0v) is 9.14. The maximum absolute atomic E-state index is 12.3. The van der Waals surface area contributed by atoms with Gasteiger partial charge in [-0.15, -0.1) is 0 Å². The molecular formula is C12H13F3O. The van der Waals surface area contributed by atoms with Crippen molar-refractivity contribution in [2.75, 3.05) is 0 Å². The van der Waals surface area contributed by atoms with E-state index in [0.29, 0.717) is 11.1 Å². The van der Waals surface area contributed by atoms with Gasteiger partial charge >= 0.3 is 6.18 Å². The van der Waals surface area contributed by atoms with Gasteiger partial charge in [0.1, 0.15) is 0 Å².